The van der Waals surface area contributed by atoms with E-state index in [4.69, 9.17) is 0 Å². The Morgan fingerprint density at radius 2 is 0.592 bits per heavy atom. The van der Waals surface area contributed by atoms with Crippen LogP contribution >= 0.6 is 0 Å². The van der Waals surface area contributed by atoms with Crippen molar-refractivity contribution in [3.8, 4) is 0 Å². The first kappa shape index (κ1) is 60.4. The third-order valence-corrected chi connectivity index (χ3v) is 13.5. The van der Waals surface area contributed by atoms with Gasteiger partial charge in [-0.3, -0.25) is 4.79 Å². The van der Waals surface area contributed by atoms with E-state index in [0.29, 0.717) is 5.56 Å². The second-order valence-corrected chi connectivity index (χ2v) is 19.7. The molecule has 0 aromatic heterocycles. The van der Waals surface area contributed by atoms with Gasteiger partial charge in [-0.25, -0.2) is 0 Å². The Kier molecular flexibility index (Phi) is 16.3. The third-order valence-electron chi connectivity index (χ3n) is 11.5. The Labute approximate surface area is 413 Å². The number of alkyl halides is 24. The smallest absolute Gasteiger partial charge is 0.289 e. The molecule has 0 spiro atoms. The fourth-order valence-corrected chi connectivity index (χ4v) is 9.48. The van der Waals surface area contributed by atoms with Gasteiger partial charge in [-0.05, 0) is 43.3 Å². The number of carbonyl (C=O) groups excluding carboxylic acids is 1. The van der Waals surface area contributed by atoms with Crippen LogP contribution in [0.15, 0.2) is 132 Å². The zero-order valence-corrected chi connectivity index (χ0v) is 38.5. The molecule has 410 valence electrons. The van der Waals surface area contributed by atoms with Crippen molar-refractivity contribution in [3.05, 3.63) is 183 Å². The summed E-state index contributed by atoms with van der Waals surface area (Å²) in [7, 11) is -2.32. The molecule has 2 nitrogen and oxygen atoms in total. The maximum Gasteiger partial charge on any atom is 0.416 e. The van der Waals surface area contributed by atoms with Gasteiger partial charge < -0.3 is 0 Å². The molecule has 0 fully saturated rings. The van der Waals surface area contributed by atoms with Gasteiger partial charge in [0.15, 0.2) is 10.6 Å². The topological polar surface area (TPSA) is 34.1 Å². The minimum absolute atomic E-state index is 0.0556. The van der Waals surface area contributed by atoms with Crippen molar-refractivity contribution < 1.29 is 114 Å². The molecule has 0 aliphatic carbocycles. The molecule has 0 bridgehead atoms. The number of rotatable bonds is 8. The number of halogens is 24. The van der Waals surface area contributed by atoms with E-state index in [0.717, 1.165) is 10.5 Å². The molecular formula is C48H29BF24O2S. The van der Waals surface area contributed by atoms with E-state index in [2.05, 4.69) is 0 Å². The molecule has 0 heterocycles. The van der Waals surface area contributed by atoms with Crippen LogP contribution in [0.5, 0.6) is 0 Å². The summed E-state index contributed by atoms with van der Waals surface area (Å²) in [5, 5.41) is 0. The molecule has 1 atom stereocenters. The summed E-state index contributed by atoms with van der Waals surface area (Å²) in [5.74, 6) is -0.0197. The molecule has 1 unspecified atom stereocenters. The first-order valence-electron chi connectivity index (χ1n) is 20.7. The molecule has 0 saturated heterocycles. The molecule has 6 rings (SSSR count). The maximum atomic E-state index is 14.2. The summed E-state index contributed by atoms with van der Waals surface area (Å²) in [5.41, 5.74) is -28.5. The van der Waals surface area contributed by atoms with Crippen LogP contribution in [0.3, 0.4) is 0 Å². The first-order chi connectivity index (χ1) is 34.3. The van der Waals surface area contributed by atoms with Gasteiger partial charge in [0.2, 0.25) is 5.78 Å². The monoisotopic (exact) mass is 1140 g/mol. The van der Waals surface area contributed by atoms with Crippen LogP contribution in [0.4, 0.5) is 105 Å². The number of hydrogen-bond donors (Lipinski definition) is 0. The molecular weight excluding hydrogens is 1110 g/mol. The molecule has 6 aromatic carbocycles. The van der Waals surface area contributed by atoms with Gasteiger partial charge in [-0.1, -0.05) is 101 Å². The minimum Gasteiger partial charge on any atom is -0.289 e. The van der Waals surface area contributed by atoms with Crippen molar-refractivity contribution in [2.75, 3.05) is 12.0 Å². The SMILES string of the molecule is Cc1ccc([S+](C)(=O)CC(=O)c2ccccc2)cc1.FC(F)(F)c1cc([B-](c2cc(C(F)(F)F)cc(C(F)(F)F)c2)(c2cc(C(F)(F)F)cc(C(F)(F)F)c2)c2cc(C(F)(F)F)cc(C(F)(F)F)c2)cc(C(F)(F)F)c1. The van der Waals surface area contributed by atoms with Crippen LogP contribution in [0.1, 0.15) is 60.4 Å². The fourth-order valence-electron chi connectivity index (χ4n) is 7.94. The second kappa shape index (κ2) is 20.5. The maximum absolute atomic E-state index is 14.2. The molecule has 0 N–H and O–H groups in total. The Morgan fingerprint density at radius 1 is 0.368 bits per heavy atom. The van der Waals surface area contributed by atoms with E-state index >= 15 is 0 Å². The minimum atomic E-state index is -6.13. The van der Waals surface area contributed by atoms with Gasteiger partial charge in [-0.15, -0.1) is 0 Å². The summed E-state index contributed by atoms with van der Waals surface area (Å²) >= 11 is 0. The largest absolute Gasteiger partial charge is 0.416 e. The van der Waals surface area contributed by atoms with Crippen molar-refractivity contribution >= 4 is 43.7 Å². The number of hydrogen-bond acceptors (Lipinski definition) is 2. The predicted molar refractivity (Wildman–Crippen MR) is 229 cm³/mol. The van der Waals surface area contributed by atoms with Crippen molar-refractivity contribution in [1.82, 2.24) is 0 Å². The van der Waals surface area contributed by atoms with Gasteiger partial charge >= 0.3 is 49.4 Å². The average Bonchev–Trinajstić information content (AvgIpc) is 3.27. The highest BCUT2D eigenvalue weighted by Crippen LogP contribution is 2.41. The van der Waals surface area contributed by atoms with Crippen molar-refractivity contribution in [2.45, 2.75) is 61.2 Å². The summed E-state index contributed by atoms with van der Waals surface area (Å²) in [6.45, 7) is 1.98. The normalized spacial score (nSPS) is 14.2. The molecule has 6 aromatic rings. The lowest BCUT2D eigenvalue weighted by atomic mass is 9.12. The quantitative estimate of drug-likeness (QED) is 0.0659. The Morgan fingerprint density at radius 3 is 0.803 bits per heavy atom. The van der Waals surface area contributed by atoms with Gasteiger partial charge in [-0.2, -0.15) is 127 Å². The summed E-state index contributed by atoms with van der Waals surface area (Å²) in [6, 6.07) is 7.73. The third kappa shape index (κ3) is 13.9. The number of carbonyl (C=O) groups is 1. The number of aryl methyl sites for hydroxylation is 1. The Balaban J connectivity index is 0.000000468. The van der Waals surface area contributed by atoms with E-state index in [-0.39, 0.29) is 11.5 Å². The van der Waals surface area contributed by atoms with E-state index in [1.54, 1.807) is 18.4 Å². The van der Waals surface area contributed by atoms with Crippen molar-refractivity contribution in [1.29, 1.82) is 0 Å². The van der Waals surface area contributed by atoms with E-state index < -0.39 is 205 Å². The summed E-state index contributed by atoms with van der Waals surface area (Å²) in [4.78, 5) is 12.9. The predicted octanol–water partition coefficient (Wildman–Crippen LogP) is 14.6. The van der Waals surface area contributed by atoms with Crippen LogP contribution in [0.25, 0.3) is 0 Å². The fraction of sp³-hybridized carbons (Fsp3) is 0.229. The molecule has 0 saturated carbocycles. The van der Waals surface area contributed by atoms with Crippen molar-refractivity contribution in [2.24, 2.45) is 0 Å². The molecule has 76 heavy (non-hydrogen) atoms. The lowest BCUT2D eigenvalue weighted by Gasteiger charge is -2.46. The zero-order valence-electron chi connectivity index (χ0n) is 37.7. The van der Waals surface area contributed by atoms with Crippen LogP contribution in [0.2, 0.25) is 0 Å². The highest BCUT2D eigenvalue weighted by Gasteiger charge is 2.47. The first-order valence-corrected chi connectivity index (χ1v) is 22.9. The Hall–Kier alpha value is -6.48. The van der Waals surface area contributed by atoms with Gasteiger partial charge in [0.05, 0.1) is 44.5 Å². The van der Waals surface area contributed by atoms with Crippen LogP contribution in [0, 0.1) is 6.92 Å². The van der Waals surface area contributed by atoms with Gasteiger partial charge in [0, 0.05) is 5.56 Å². The number of Topliss-reactive ketones (excluding diaryl/α,β-unsaturated/α-hetero) is 1. The molecule has 0 radical (unpaired) electrons. The zero-order chi connectivity index (χ0) is 57.8. The average molecular weight is 1140 g/mol. The highest BCUT2D eigenvalue weighted by atomic mass is 32.2. The van der Waals surface area contributed by atoms with Crippen LogP contribution in [-0.4, -0.2) is 23.9 Å². The lowest BCUT2D eigenvalue weighted by Crippen LogP contribution is -2.75. The lowest BCUT2D eigenvalue weighted by molar-refractivity contribution is -0.144. The summed E-state index contributed by atoms with van der Waals surface area (Å²) in [6.07, 6.45) is -53.2. The van der Waals surface area contributed by atoms with Gasteiger partial charge in [0.25, 0.3) is 0 Å². The van der Waals surface area contributed by atoms with Gasteiger partial charge in [0.1, 0.15) is 22.3 Å². The number of benzene rings is 6. The molecule has 28 heteroatoms. The Bertz CT molecular complexity index is 2690. The second-order valence-electron chi connectivity index (χ2n) is 17.0. The number of ketones is 1. The highest BCUT2D eigenvalue weighted by molar-refractivity contribution is 8.03. The van der Waals surface area contributed by atoms with E-state index in [9.17, 15) is 114 Å². The van der Waals surface area contributed by atoms with Crippen LogP contribution in [-0.2, 0) is 63.6 Å². The summed E-state index contributed by atoms with van der Waals surface area (Å²) < 4.78 is 353. The molecule has 0 aliphatic heterocycles. The van der Waals surface area contributed by atoms with E-state index in [1.165, 1.54) is 0 Å². The standard InChI is InChI=1S/C32H12BF24.C16H17O2S/c34-25(35,36)13-1-14(26(37,38)39)6-21(5-13)33(22-7-15(27(40,41)42)2-16(8-22)28(43,44)45,23-9-17(29(46,47)48)3-18(10-23)30(49,50)51)24-11-19(31(52,53)54)4-20(12-24)32(55,56)57;1-13-8-10-15(11-9-13)19(2,18)12-16(17)14-6-4-3-5-7-14/h1-12H;3-11H,12H2,1-2H3/q-1;+1. The van der Waals surface area contributed by atoms with E-state index in [1.807, 2.05) is 49.4 Å². The molecule has 0 amide bonds. The van der Waals surface area contributed by atoms with Crippen molar-refractivity contribution in [3.63, 3.8) is 0 Å². The van der Waals surface area contributed by atoms with Crippen LogP contribution < -0.4 is 21.9 Å². The molecule has 0 aliphatic rings.